The normalized spacial score (nSPS) is 14.6. The van der Waals surface area contributed by atoms with Crippen LogP contribution in [-0.2, 0) is 12.8 Å². The Balaban J connectivity index is 1.66. The number of thiazole rings is 1. The van der Waals surface area contributed by atoms with Gasteiger partial charge in [-0.3, -0.25) is 5.32 Å². The summed E-state index contributed by atoms with van der Waals surface area (Å²) < 4.78 is 0. The number of hydrogen-bond donors (Lipinski definition) is 1. The Hall–Kier alpha value is -2.02. The molecular formula is C12H13N5OS. The highest BCUT2D eigenvalue weighted by atomic mass is 32.1. The second-order valence-corrected chi connectivity index (χ2v) is 5.14. The number of urea groups is 1. The highest BCUT2D eigenvalue weighted by Crippen LogP contribution is 2.15. The molecule has 3 rings (SSSR count). The lowest BCUT2D eigenvalue weighted by Gasteiger charge is -2.19. The molecule has 0 bridgehead atoms. The van der Waals surface area contributed by atoms with Crippen LogP contribution in [0, 0.1) is 0 Å². The number of carbonyl (C=O) groups excluding carboxylic acids is 1. The summed E-state index contributed by atoms with van der Waals surface area (Å²) >= 11 is 1.42. The zero-order valence-electron chi connectivity index (χ0n) is 10.2. The highest BCUT2D eigenvalue weighted by Gasteiger charge is 2.19. The van der Waals surface area contributed by atoms with Gasteiger partial charge in [-0.1, -0.05) is 0 Å². The SMILES string of the molecule is O=C(Nc1nccs1)N1CCc2cncnc2CC1. The summed E-state index contributed by atoms with van der Waals surface area (Å²) in [6, 6.07) is -0.101. The summed E-state index contributed by atoms with van der Waals surface area (Å²) in [5.74, 6) is 0. The van der Waals surface area contributed by atoms with Crippen molar-refractivity contribution in [2.24, 2.45) is 0 Å². The lowest BCUT2D eigenvalue weighted by atomic mass is 10.1. The topological polar surface area (TPSA) is 71.0 Å². The van der Waals surface area contributed by atoms with E-state index in [-0.39, 0.29) is 6.03 Å². The van der Waals surface area contributed by atoms with Gasteiger partial charge in [0.15, 0.2) is 5.13 Å². The lowest BCUT2D eigenvalue weighted by molar-refractivity contribution is 0.214. The van der Waals surface area contributed by atoms with Crippen molar-refractivity contribution in [1.82, 2.24) is 19.9 Å². The minimum absolute atomic E-state index is 0.101. The van der Waals surface area contributed by atoms with Crippen LogP contribution >= 0.6 is 11.3 Å². The maximum atomic E-state index is 12.1. The summed E-state index contributed by atoms with van der Waals surface area (Å²) in [6.07, 6.45) is 6.63. The average molecular weight is 275 g/mol. The molecule has 2 aromatic heterocycles. The van der Waals surface area contributed by atoms with Gasteiger partial charge in [0.2, 0.25) is 0 Å². The van der Waals surface area contributed by atoms with Gasteiger partial charge in [0.05, 0.1) is 0 Å². The summed E-state index contributed by atoms with van der Waals surface area (Å²) in [5, 5.41) is 5.27. The molecule has 1 aliphatic rings. The number of rotatable bonds is 1. The molecule has 0 atom stereocenters. The minimum atomic E-state index is -0.101. The van der Waals surface area contributed by atoms with Crippen LogP contribution in [0.15, 0.2) is 24.1 Å². The van der Waals surface area contributed by atoms with Gasteiger partial charge in [-0.2, -0.15) is 0 Å². The van der Waals surface area contributed by atoms with E-state index in [1.165, 1.54) is 11.3 Å². The van der Waals surface area contributed by atoms with E-state index in [0.717, 1.165) is 24.1 Å². The third-order valence-corrected chi connectivity index (χ3v) is 3.77. The molecule has 0 fully saturated rings. The van der Waals surface area contributed by atoms with Crippen molar-refractivity contribution in [1.29, 1.82) is 0 Å². The molecule has 0 radical (unpaired) electrons. The van der Waals surface area contributed by atoms with Crippen LogP contribution in [0.5, 0.6) is 0 Å². The van der Waals surface area contributed by atoms with Crippen molar-refractivity contribution in [3.63, 3.8) is 0 Å². The van der Waals surface area contributed by atoms with Crippen molar-refractivity contribution in [3.05, 3.63) is 35.4 Å². The predicted molar refractivity (Wildman–Crippen MR) is 72.1 cm³/mol. The summed E-state index contributed by atoms with van der Waals surface area (Å²) in [4.78, 5) is 26.3. The van der Waals surface area contributed by atoms with Gasteiger partial charge in [0.25, 0.3) is 0 Å². The molecule has 0 unspecified atom stereocenters. The van der Waals surface area contributed by atoms with Crippen LogP contribution in [0.25, 0.3) is 0 Å². The molecule has 0 aliphatic carbocycles. The largest absolute Gasteiger partial charge is 0.324 e. The fourth-order valence-corrected chi connectivity index (χ4v) is 2.60. The number of anilines is 1. The van der Waals surface area contributed by atoms with Gasteiger partial charge in [0.1, 0.15) is 6.33 Å². The zero-order chi connectivity index (χ0) is 13.1. The number of amides is 2. The molecule has 2 amide bonds. The Labute approximate surface area is 114 Å². The minimum Gasteiger partial charge on any atom is -0.324 e. The molecule has 6 nitrogen and oxygen atoms in total. The van der Waals surface area contributed by atoms with Crippen molar-refractivity contribution < 1.29 is 4.79 Å². The molecule has 0 aromatic carbocycles. The number of hydrogen-bond acceptors (Lipinski definition) is 5. The summed E-state index contributed by atoms with van der Waals surface area (Å²) in [6.45, 7) is 1.35. The molecule has 98 valence electrons. The van der Waals surface area contributed by atoms with Crippen molar-refractivity contribution >= 4 is 22.5 Å². The Kier molecular flexibility index (Phi) is 3.37. The van der Waals surface area contributed by atoms with Crippen LogP contribution in [0.2, 0.25) is 0 Å². The highest BCUT2D eigenvalue weighted by molar-refractivity contribution is 7.13. The third-order valence-electron chi connectivity index (χ3n) is 3.08. The van der Waals surface area contributed by atoms with Crippen LogP contribution in [0.1, 0.15) is 11.3 Å². The molecule has 3 heterocycles. The van der Waals surface area contributed by atoms with Crippen molar-refractivity contribution in [2.45, 2.75) is 12.8 Å². The molecule has 0 spiro atoms. The van der Waals surface area contributed by atoms with Crippen LogP contribution in [-0.4, -0.2) is 39.0 Å². The number of carbonyl (C=O) groups is 1. The van der Waals surface area contributed by atoms with E-state index in [0.29, 0.717) is 18.2 Å². The molecule has 0 saturated heterocycles. The first-order chi connectivity index (χ1) is 9.33. The van der Waals surface area contributed by atoms with Gasteiger partial charge in [0, 0.05) is 43.0 Å². The van der Waals surface area contributed by atoms with Crippen LogP contribution < -0.4 is 5.32 Å². The van der Waals surface area contributed by atoms with Gasteiger partial charge >= 0.3 is 6.03 Å². The smallest absolute Gasteiger partial charge is 0.323 e. The average Bonchev–Trinajstić information content (AvgIpc) is 2.83. The van der Waals surface area contributed by atoms with Gasteiger partial charge < -0.3 is 4.90 Å². The molecule has 1 N–H and O–H groups in total. The molecule has 7 heteroatoms. The Morgan fingerprint density at radius 2 is 2.21 bits per heavy atom. The fraction of sp³-hybridized carbons (Fsp3) is 0.333. The maximum Gasteiger partial charge on any atom is 0.323 e. The lowest BCUT2D eigenvalue weighted by Crippen LogP contribution is -2.36. The first kappa shape index (κ1) is 12.0. The van der Waals surface area contributed by atoms with Gasteiger partial charge in [-0.05, 0) is 12.0 Å². The quantitative estimate of drug-likeness (QED) is 0.857. The second-order valence-electron chi connectivity index (χ2n) is 4.25. The number of nitrogens with zero attached hydrogens (tertiary/aromatic N) is 4. The Morgan fingerprint density at radius 1 is 1.32 bits per heavy atom. The molecule has 0 saturated carbocycles. The van der Waals surface area contributed by atoms with E-state index < -0.39 is 0 Å². The fourth-order valence-electron chi connectivity index (χ4n) is 2.08. The molecule has 2 aromatic rings. The standard InChI is InChI=1S/C12H13N5OS/c18-12(16-11-14-3-6-19-11)17-4-1-9-7-13-8-15-10(9)2-5-17/h3,6-8H,1-2,4-5H2,(H,14,16,18). The van der Waals surface area contributed by atoms with Crippen LogP contribution in [0.3, 0.4) is 0 Å². The predicted octanol–water partition coefficient (Wildman–Crippen LogP) is 1.57. The van der Waals surface area contributed by atoms with E-state index in [1.54, 1.807) is 17.4 Å². The maximum absolute atomic E-state index is 12.1. The molecular weight excluding hydrogens is 262 g/mol. The van der Waals surface area contributed by atoms with Gasteiger partial charge in [-0.25, -0.2) is 19.7 Å². The van der Waals surface area contributed by atoms with E-state index in [4.69, 9.17) is 0 Å². The monoisotopic (exact) mass is 275 g/mol. The molecule has 1 aliphatic heterocycles. The zero-order valence-corrected chi connectivity index (χ0v) is 11.1. The summed E-state index contributed by atoms with van der Waals surface area (Å²) in [7, 11) is 0. The van der Waals surface area contributed by atoms with Crippen LogP contribution in [0.4, 0.5) is 9.93 Å². The Morgan fingerprint density at radius 3 is 3.05 bits per heavy atom. The van der Waals surface area contributed by atoms with E-state index in [9.17, 15) is 4.79 Å². The number of fused-ring (bicyclic) bond motifs is 1. The first-order valence-electron chi connectivity index (χ1n) is 6.06. The third kappa shape index (κ3) is 2.70. The summed E-state index contributed by atoms with van der Waals surface area (Å²) in [5.41, 5.74) is 2.17. The van der Waals surface area contributed by atoms with E-state index >= 15 is 0 Å². The molecule has 19 heavy (non-hydrogen) atoms. The number of nitrogens with one attached hydrogen (secondary N) is 1. The van der Waals surface area contributed by atoms with E-state index in [1.807, 2.05) is 11.6 Å². The number of aromatic nitrogens is 3. The van der Waals surface area contributed by atoms with Gasteiger partial charge in [-0.15, -0.1) is 11.3 Å². The van der Waals surface area contributed by atoms with E-state index in [2.05, 4.69) is 20.3 Å². The second kappa shape index (κ2) is 5.31. The van der Waals surface area contributed by atoms with Crippen molar-refractivity contribution in [2.75, 3.05) is 18.4 Å². The Bertz CT molecular complexity index is 544. The van der Waals surface area contributed by atoms with Crippen molar-refractivity contribution in [3.8, 4) is 0 Å². The first-order valence-corrected chi connectivity index (χ1v) is 6.94.